The summed E-state index contributed by atoms with van der Waals surface area (Å²) in [6, 6.07) is 15.5. The summed E-state index contributed by atoms with van der Waals surface area (Å²) >= 11 is 3.42. The van der Waals surface area contributed by atoms with E-state index in [1.807, 2.05) is 31.2 Å². The number of aryl methyl sites for hydroxylation is 1. The summed E-state index contributed by atoms with van der Waals surface area (Å²) in [7, 11) is 0. The van der Waals surface area contributed by atoms with Crippen molar-refractivity contribution in [3.63, 3.8) is 0 Å². The second-order valence-corrected chi connectivity index (χ2v) is 5.72. The minimum atomic E-state index is -0.146. The van der Waals surface area contributed by atoms with Crippen LogP contribution in [0.5, 0.6) is 0 Å². The summed E-state index contributed by atoms with van der Waals surface area (Å²) in [5.74, 6) is -0.146. The molecule has 0 saturated heterocycles. The van der Waals surface area contributed by atoms with Gasteiger partial charge in [-0.05, 0) is 43.1 Å². The Morgan fingerprint density at radius 3 is 2.60 bits per heavy atom. The molecular formula is C17H19BrFN. The van der Waals surface area contributed by atoms with Crippen LogP contribution >= 0.6 is 15.9 Å². The zero-order valence-electron chi connectivity index (χ0n) is 11.6. The Morgan fingerprint density at radius 2 is 1.90 bits per heavy atom. The van der Waals surface area contributed by atoms with Crippen molar-refractivity contribution in [2.24, 2.45) is 0 Å². The minimum absolute atomic E-state index is 0.0395. The van der Waals surface area contributed by atoms with Crippen LogP contribution in [0.4, 0.5) is 4.39 Å². The predicted octanol–water partition coefficient (Wildman–Crippen LogP) is 4.87. The van der Waals surface area contributed by atoms with E-state index < -0.39 is 0 Å². The number of hydrogen-bond acceptors (Lipinski definition) is 1. The SMILES string of the molecule is CCNC(CCc1ccccc1)c1cc(Br)ccc1F. The highest BCUT2D eigenvalue weighted by molar-refractivity contribution is 9.10. The highest BCUT2D eigenvalue weighted by Crippen LogP contribution is 2.25. The topological polar surface area (TPSA) is 12.0 Å². The molecule has 1 nitrogen and oxygen atoms in total. The van der Waals surface area contributed by atoms with E-state index in [1.54, 1.807) is 6.07 Å². The van der Waals surface area contributed by atoms with Gasteiger partial charge in [-0.25, -0.2) is 4.39 Å². The smallest absolute Gasteiger partial charge is 0.128 e. The van der Waals surface area contributed by atoms with Crippen LogP contribution in [0.25, 0.3) is 0 Å². The average molecular weight is 336 g/mol. The Hall–Kier alpha value is -1.19. The first-order chi connectivity index (χ1) is 9.70. The summed E-state index contributed by atoms with van der Waals surface area (Å²) in [5, 5.41) is 3.38. The summed E-state index contributed by atoms with van der Waals surface area (Å²) in [6.45, 7) is 2.87. The molecule has 0 bridgehead atoms. The van der Waals surface area contributed by atoms with Gasteiger partial charge in [0.15, 0.2) is 0 Å². The van der Waals surface area contributed by atoms with Crippen molar-refractivity contribution >= 4 is 15.9 Å². The first-order valence-electron chi connectivity index (χ1n) is 6.93. The Balaban J connectivity index is 2.12. The quantitative estimate of drug-likeness (QED) is 0.793. The number of nitrogens with one attached hydrogen (secondary N) is 1. The number of halogens is 2. The molecule has 1 N–H and O–H groups in total. The van der Waals surface area contributed by atoms with Crippen LogP contribution in [0.2, 0.25) is 0 Å². The van der Waals surface area contributed by atoms with Gasteiger partial charge >= 0.3 is 0 Å². The first kappa shape index (κ1) is 15.2. The average Bonchev–Trinajstić information content (AvgIpc) is 2.47. The number of hydrogen-bond donors (Lipinski definition) is 1. The molecule has 0 amide bonds. The van der Waals surface area contributed by atoms with E-state index in [0.717, 1.165) is 29.4 Å². The maximum absolute atomic E-state index is 14.0. The van der Waals surface area contributed by atoms with E-state index in [0.29, 0.717) is 0 Å². The van der Waals surface area contributed by atoms with E-state index in [4.69, 9.17) is 0 Å². The first-order valence-corrected chi connectivity index (χ1v) is 7.72. The molecule has 0 aliphatic carbocycles. The molecule has 0 spiro atoms. The molecule has 0 saturated carbocycles. The third-order valence-corrected chi connectivity index (χ3v) is 3.84. The highest BCUT2D eigenvalue weighted by atomic mass is 79.9. The molecule has 1 atom stereocenters. The van der Waals surface area contributed by atoms with Crippen LogP contribution in [0.3, 0.4) is 0 Å². The molecule has 3 heteroatoms. The van der Waals surface area contributed by atoms with Crippen molar-refractivity contribution in [1.82, 2.24) is 5.32 Å². The second-order valence-electron chi connectivity index (χ2n) is 4.80. The molecule has 0 aliphatic heterocycles. The molecule has 2 aromatic rings. The second kappa shape index (κ2) is 7.55. The molecule has 106 valence electrons. The van der Waals surface area contributed by atoms with Gasteiger partial charge in [-0.15, -0.1) is 0 Å². The van der Waals surface area contributed by atoms with Gasteiger partial charge in [-0.3, -0.25) is 0 Å². The van der Waals surface area contributed by atoms with Crippen LogP contribution in [0.1, 0.15) is 30.5 Å². The predicted molar refractivity (Wildman–Crippen MR) is 85.3 cm³/mol. The maximum Gasteiger partial charge on any atom is 0.128 e. The third kappa shape index (κ3) is 4.15. The molecule has 2 rings (SSSR count). The summed E-state index contributed by atoms with van der Waals surface area (Å²) in [5.41, 5.74) is 2.02. The van der Waals surface area contributed by atoms with Gasteiger partial charge in [0.25, 0.3) is 0 Å². The lowest BCUT2D eigenvalue weighted by Gasteiger charge is -2.19. The van der Waals surface area contributed by atoms with Crippen molar-refractivity contribution < 1.29 is 4.39 Å². The fourth-order valence-corrected chi connectivity index (χ4v) is 2.73. The standard InChI is InChI=1S/C17H19BrFN/c1-2-20-17(11-8-13-6-4-3-5-7-13)15-12-14(18)9-10-16(15)19/h3-7,9-10,12,17,20H,2,8,11H2,1H3. The van der Waals surface area contributed by atoms with E-state index in [2.05, 4.69) is 33.4 Å². The van der Waals surface area contributed by atoms with Crippen molar-refractivity contribution in [3.05, 3.63) is 69.9 Å². The fraction of sp³-hybridized carbons (Fsp3) is 0.294. The van der Waals surface area contributed by atoms with Gasteiger partial charge in [0.1, 0.15) is 5.82 Å². The van der Waals surface area contributed by atoms with Gasteiger partial charge in [0, 0.05) is 16.1 Å². The lowest BCUT2D eigenvalue weighted by molar-refractivity contribution is 0.485. The molecular weight excluding hydrogens is 317 g/mol. The van der Waals surface area contributed by atoms with Gasteiger partial charge < -0.3 is 5.32 Å². The monoisotopic (exact) mass is 335 g/mol. The maximum atomic E-state index is 14.0. The van der Waals surface area contributed by atoms with Crippen molar-refractivity contribution in [2.75, 3.05) is 6.54 Å². The van der Waals surface area contributed by atoms with Crippen LogP contribution in [0.15, 0.2) is 53.0 Å². The van der Waals surface area contributed by atoms with E-state index in [-0.39, 0.29) is 11.9 Å². The van der Waals surface area contributed by atoms with E-state index in [9.17, 15) is 4.39 Å². The molecule has 0 heterocycles. The molecule has 0 radical (unpaired) electrons. The fourth-order valence-electron chi connectivity index (χ4n) is 2.35. The molecule has 2 aromatic carbocycles. The van der Waals surface area contributed by atoms with Crippen molar-refractivity contribution in [2.45, 2.75) is 25.8 Å². The number of rotatable bonds is 6. The zero-order valence-corrected chi connectivity index (χ0v) is 13.2. The van der Waals surface area contributed by atoms with Crippen LogP contribution < -0.4 is 5.32 Å². The highest BCUT2D eigenvalue weighted by Gasteiger charge is 2.15. The van der Waals surface area contributed by atoms with Crippen molar-refractivity contribution in [1.29, 1.82) is 0 Å². The minimum Gasteiger partial charge on any atom is -0.310 e. The Labute approximate surface area is 128 Å². The molecule has 0 aliphatic rings. The van der Waals surface area contributed by atoms with Crippen LogP contribution in [-0.4, -0.2) is 6.54 Å². The Morgan fingerprint density at radius 1 is 1.15 bits per heavy atom. The van der Waals surface area contributed by atoms with Gasteiger partial charge in [0.05, 0.1) is 0 Å². The summed E-state index contributed by atoms with van der Waals surface area (Å²) < 4.78 is 14.9. The van der Waals surface area contributed by atoms with Gasteiger partial charge in [-0.1, -0.05) is 53.2 Å². The Kier molecular flexibility index (Phi) is 5.74. The molecule has 0 aromatic heterocycles. The third-order valence-electron chi connectivity index (χ3n) is 3.35. The lowest BCUT2D eigenvalue weighted by atomic mass is 9.98. The van der Waals surface area contributed by atoms with Crippen LogP contribution in [0, 0.1) is 5.82 Å². The van der Waals surface area contributed by atoms with E-state index in [1.165, 1.54) is 11.6 Å². The van der Waals surface area contributed by atoms with Crippen molar-refractivity contribution in [3.8, 4) is 0 Å². The van der Waals surface area contributed by atoms with Gasteiger partial charge in [-0.2, -0.15) is 0 Å². The normalized spacial score (nSPS) is 12.3. The van der Waals surface area contributed by atoms with Gasteiger partial charge in [0.2, 0.25) is 0 Å². The largest absolute Gasteiger partial charge is 0.310 e. The summed E-state index contributed by atoms with van der Waals surface area (Å²) in [4.78, 5) is 0. The number of benzene rings is 2. The van der Waals surface area contributed by atoms with Crippen LogP contribution in [-0.2, 0) is 6.42 Å². The lowest BCUT2D eigenvalue weighted by Crippen LogP contribution is -2.22. The summed E-state index contributed by atoms with van der Waals surface area (Å²) in [6.07, 6.45) is 1.82. The Bertz CT molecular complexity index is 542. The zero-order chi connectivity index (χ0) is 14.4. The molecule has 0 fully saturated rings. The molecule has 1 unspecified atom stereocenters. The molecule has 20 heavy (non-hydrogen) atoms. The van der Waals surface area contributed by atoms with E-state index >= 15 is 0 Å².